The molecule has 1 rings (SSSR count). The van der Waals surface area contributed by atoms with Crippen molar-refractivity contribution >= 4 is 23.6 Å². The summed E-state index contributed by atoms with van der Waals surface area (Å²) in [7, 11) is 1.53. The molecule has 1 fully saturated rings. The van der Waals surface area contributed by atoms with E-state index in [1.165, 1.54) is 23.7 Å². The maximum atomic E-state index is 11.0. The van der Waals surface area contributed by atoms with Crippen LogP contribution in [0.1, 0.15) is 48.0 Å². The predicted molar refractivity (Wildman–Crippen MR) is 73.7 cm³/mol. The summed E-state index contributed by atoms with van der Waals surface area (Å²) in [6.45, 7) is 12.0. The van der Waals surface area contributed by atoms with Crippen LogP contribution >= 0.6 is 11.8 Å². The van der Waals surface area contributed by atoms with Crippen LogP contribution < -0.4 is 0 Å². The molecule has 1 unspecified atom stereocenters. The number of hydrogen-bond donors (Lipinski definition) is 0. The van der Waals surface area contributed by atoms with Gasteiger partial charge in [0.2, 0.25) is 11.8 Å². The Morgan fingerprint density at radius 2 is 1.44 bits per heavy atom. The Morgan fingerprint density at radius 3 is 1.56 bits per heavy atom. The minimum absolute atomic E-state index is 0.0579. The maximum absolute atomic E-state index is 11.0. The Labute approximate surface area is 105 Å². The Hall–Kier alpha value is -0.510. The first-order chi connectivity index (χ1) is 7.66. The molecule has 0 N–H and O–H groups in total. The van der Waals surface area contributed by atoms with Gasteiger partial charge in [-0.1, -0.05) is 41.5 Å². The molecular formula is C12H27NO2S. The predicted octanol–water partition coefficient (Wildman–Crippen LogP) is 3.19. The van der Waals surface area contributed by atoms with Crippen LogP contribution in [0.25, 0.3) is 0 Å². The molecule has 1 atom stereocenters. The van der Waals surface area contributed by atoms with Crippen molar-refractivity contribution in [2.75, 3.05) is 13.3 Å². The number of nitrogens with zero attached hydrogens (tertiary/aromatic N) is 1. The van der Waals surface area contributed by atoms with Crippen LogP contribution in [0.3, 0.4) is 0 Å². The Balaban J connectivity index is -0.000000245. The topological polar surface area (TPSA) is 37.4 Å². The number of amides is 2. The van der Waals surface area contributed by atoms with E-state index < -0.39 is 0 Å². The van der Waals surface area contributed by atoms with E-state index in [2.05, 4.69) is 0 Å². The minimum atomic E-state index is -0.127. The molecule has 98 valence electrons. The van der Waals surface area contributed by atoms with Crippen LogP contribution in [0.5, 0.6) is 0 Å². The summed E-state index contributed by atoms with van der Waals surface area (Å²) in [5, 5.41) is -0.127. The van der Waals surface area contributed by atoms with E-state index in [0.29, 0.717) is 6.42 Å². The minimum Gasteiger partial charge on any atom is -0.285 e. The van der Waals surface area contributed by atoms with E-state index in [4.69, 9.17) is 0 Å². The lowest BCUT2D eigenvalue weighted by Gasteiger charge is -2.04. The Morgan fingerprint density at radius 1 is 1.06 bits per heavy atom. The quantitative estimate of drug-likeness (QED) is 0.670. The van der Waals surface area contributed by atoms with E-state index >= 15 is 0 Å². The van der Waals surface area contributed by atoms with Gasteiger partial charge < -0.3 is 0 Å². The summed E-state index contributed by atoms with van der Waals surface area (Å²) in [4.78, 5) is 23.1. The molecule has 0 aromatic heterocycles. The van der Waals surface area contributed by atoms with Gasteiger partial charge in [0.15, 0.2) is 0 Å². The molecule has 0 bridgehead atoms. The maximum Gasteiger partial charge on any atom is 0.242 e. The molecular weight excluding hydrogens is 222 g/mol. The lowest BCUT2D eigenvalue weighted by atomic mass is 10.4. The lowest BCUT2D eigenvalue weighted by Crippen LogP contribution is -2.26. The molecule has 0 spiro atoms. The van der Waals surface area contributed by atoms with Gasteiger partial charge in [-0.25, -0.2) is 0 Å². The number of carbonyl (C=O) groups excluding carboxylic acids is 2. The first-order valence-corrected chi connectivity index (χ1v) is 7.29. The first-order valence-electron chi connectivity index (χ1n) is 6.00. The van der Waals surface area contributed by atoms with Crippen molar-refractivity contribution in [1.82, 2.24) is 4.90 Å². The number of imide groups is 1. The van der Waals surface area contributed by atoms with Gasteiger partial charge in [0.1, 0.15) is 0 Å². The molecule has 1 aliphatic rings. The molecule has 16 heavy (non-hydrogen) atoms. The number of likely N-dealkylation sites (tertiary alicyclic amines) is 1. The Bertz CT molecular complexity index is 184. The second-order valence-electron chi connectivity index (χ2n) is 2.22. The van der Waals surface area contributed by atoms with Crippen molar-refractivity contribution in [1.29, 1.82) is 0 Å². The largest absolute Gasteiger partial charge is 0.285 e. The van der Waals surface area contributed by atoms with E-state index in [-0.39, 0.29) is 17.1 Å². The monoisotopic (exact) mass is 249 g/mol. The fourth-order valence-electron chi connectivity index (χ4n) is 0.906. The molecule has 1 saturated heterocycles. The first kappa shape index (κ1) is 20.8. The number of hydrogen-bond acceptors (Lipinski definition) is 3. The third kappa shape index (κ3) is 6.88. The second-order valence-corrected chi connectivity index (χ2v) is 3.26. The summed E-state index contributed by atoms with van der Waals surface area (Å²) in [5.74, 6) is -0.123. The average Bonchev–Trinajstić information content (AvgIpc) is 2.64. The van der Waals surface area contributed by atoms with Crippen LogP contribution in [-0.2, 0) is 9.59 Å². The van der Waals surface area contributed by atoms with Crippen molar-refractivity contribution in [3.05, 3.63) is 0 Å². The third-order valence-corrected chi connectivity index (χ3v) is 2.56. The van der Waals surface area contributed by atoms with Gasteiger partial charge in [0.25, 0.3) is 0 Å². The highest BCUT2D eigenvalue weighted by Gasteiger charge is 2.34. The van der Waals surface area contributed by atoms with Crippen molar-refractivity contribution in [2.45, 2.75) is 53.2 Å². The zero-order valence-corrected chi connectivity index (χ0v) is 12.8. The fraction of sp³-hybridized carbons (Fsp3) is 0.833. The van der Waals surface area contributed by atoms with Crippen LogP contribution in [-0.4, -0.2) is 35.3 Å². The normalized spacial score (nSPS) is 17.5. The van der Waals surface area contributed by atoms with E-state index in [0.717, 1.165) is 0 Å². The average molecular weight is 249 g/mol. The summed E-state index contributed by atoms with van der Waals surface area (Å²) in [5.41, 5.74) is 0. The zero-order chi connectivity index (χ0) is 13.7. The summed E-state index contributed by atoms with van der Waals surface area (Å²) >= 11 is 1.44. The van der Waals surface area contributed by atoms with Gasteiger partial charge in [-0.15, -0.1) is 0 Å². The molecule has 0 aromatic carbocycles. The summed E-state index contributed by atoms with van der Waals surface area (Å²) < 4.78 is 0. The molecule has 0 saturated carbocycles. The van der Waals surface area contributed by atoms with Crippen molar-refractivity contribution < 1.29 is 9.59 Å². The van der Waals surface area contributed by atoms with E-state index in [1.807, 2.05) is 47.8 Å². The van der Waals surface area contributed by atoms with Crippen LogP contribution in [0.15, 0.2) is 0 Å². The number of rotatable bonds is 1. The van der Waals surface area contributed by atoms with Gasteiger partial charge in [-0.3, -0.25) is 14.5 Å². The van der Waals surface area contributed by atoms with Gasteiger partial charge in [-0.2, -0.15) is 11.8 Å². The van der Waals surface area contributed by atoms with Gasteiger partial charge in [-0.05, 0) is 6.26 Å². The standard InChI is InChI=1S/C6H9NO2S.3C2H6/c1-7-5(8)3-4(10-2)6(7)9;3*1-2/h4H,3H2,1-2H3;3*1-2H3. The van der Waals surface area contributed by atoms with Crippen LogP contribution in [0.2, 0.25) is 0 Å². The molecule has 1 aliphatic heterocycles. The molecule has 2 amide bonds. The van der Waals surface area contributed by atoms with Crippen molar-refractivity contribution in [3.63, 3.8) is 0 Å². The molecule has 4 heteroatoms. The second kappa shape index (κ2) is 14.5. The molecule has 3 nitrogen and oxygen atoms in total. The van der Waals surface area contributed by atoms with E-state index in [9.17, 15) is 9.59 Å². The van der Waals surface area contributed by atoms with Gasteiger partial charge >= 0.3 is 0 Å². The molecule has 0 radical (unpaired) electrons. The fourth-order valence-corrected chi connectivity index (χ4v) is 1.57. The van der Waals surface area contributed by atoms with Gasteiger partial charge in [0.05, 0.1) is 5.25 Å². The number of carbonyl (C=O) groups is 2. The van der Waals surface area contributed by atoms with E-state index in [1.54, 1.807) is 0 Å². The highest BCUT2D eigenvalue weighted by atomic mass is 32.2. The van der Waals surface area contributed by atoms with Crippen LogP contribution in [0.4, 0.5) is 0 Å². The van der Waals surface area contributed by atoms with Crippen molar-refractivity contribution in [2.24, 2.45) is 0 Å². The highest BCUT2D eigenvalue weighted by molar-refractivity contribution is 8.00. The van der Waals surface area contributed by atoms with Gasteiger partial charge in [0, 0.05) is 13.5 Å². The SMILES string of the molecule is CC.CC.CC.CSC1CC(=O)N(C)C1=O. The molecule has 0 aromatic rings. The van der Waals surface area contributed by atoms with Crippen molar-refractivity contribution in [3.8, 4) is 0 Å². The molecule has 0 aliphatic carbocycles. The lowest BCUT2D eigenvalue weighted by molar-refractivity contribution is -0.136. The smallest absolute Gasteiger partial charge is 0.242 e. The highest BCUT2D eigenvalue weighted by Crippen LogP contribution is 2.21. The summed E-state index contributed by atoms with van der Waals surface area (Å²) in [6.07, 6.45) is 2.21. The zero-order valence-electron chi connectivity index (χ0n) is 12.0. The summed E-state index contributed by atoms with van der Waals surface area (Å²) in [6, 6.07) is 0. The third-order valence-electron chi connectivity index (χ3n) is 1.62. The molecule has 1 heterocycles. The number of thioether (sulfide) groups is 1. The van der Waals surface area contributed by atoms with Crippen LogP contribution in [0, 0.1) is 0 Å². The Kier molecular flexibility index (Phi) is 18.9.